The third-order valence-electron chi connectivity index (χ3n) is 2.97. The first kappa shape index (κ1) is 14.0. The van der Waals surface area contributed by atoms with Crippen molar-refractivity contribution in [3.63, 3.8) is 0 Å². The zero-order valence-corrected chi connectivity index (χ0v) is 12.0. The lowest BCUT2D eigenvalue weighted by Gasteiger charge is -2.20. The topological polar surface area (TPSA) is 68.8 Å². The molecule has 0 radical (unpaired) electrons. The highest BCUT2D eigenvalue weighted by atomic mass is 35.5. The van der Waals surface area contributed by atoms with Crippen LogP contribution in [-0.4, -0.2) is 14.8 Å². The van der Waals surface area contributed by atoms with Crippen molar-refractivity contribution < 1.29 is 0 Å². The molecule has 0 saturated carbocycles. The van der Waals surface area contributed by atoms with Crippen LogP contribution in [0.15, 0.2) is 24.5 Å². The number of aryl methyl sites for hydroxylation is 1. The van der Waals surface area contributed by atoms with Gasteiger partial charge in [-0.1, -0.05) is 11.6 Å². The predicted octanol–water partition coefficient (Wildman–Crippen LogP) is 2.37. The van der Waals surface area contributed by atoms with Crippen LogP contribution < -0.4 is 11.3 Å². The lowest BCUT2D eigenvalue weighted by atomic mass is 10.0. The monoisotopic (exact) mass is 279 g/mol. The van der Waals surface area contributed by atoms with Crippen LogP contribution in [0.2, 0.25) is 5.02 Å². The Labute approximate surface area is 117 Å². The van der Waals surface area contributed by atoms with E-state index in [4.69, 9.17) is 17.4 Å². The van der Waals surface area contributed by atoms with Gasteiger partial charge in [-0.3, -0.25) is 15.5 Å². The number of aromatic nitrogens is 3. The third-order valence-corrected chi connectivity index (χ3v) is 3.26. The van der Waals surface area contributed by atoms with E-state index in [1.54, 1.807) is 12.4 Å². The Morgan fingerprint density at radius 2 is 2.16 bits per heavy atom. The molecule has 0 amide bonds. The van der Waals surface area contributed by atoms with Crippen LogP contribution in [0.25, 0.3) is 0 Å². The average molecular weight is 280 g/mol. The van der Waals surface area contributed by atoms with Crippen molar-refractivity contribution in [1.82, 2.24) is 20.2 Å². The molecule has 0 aliphatic rings. The van der Waals surface area contributed by atoms with Gasteiger partial charge in [0.15, 0.2) is 0 Å². The average Bonchev–Trinajstić information content (AvgIpc) is 2.73. The normalized spacial score (nSPS) is 12.9. The van der Waals surface area contributed by atoms with Crippen molar-refractivity contribution in [2.75, 3.05) is 0 Å². The molecular formula is C13H18ClN5. The van der Waals surface area contributed by atoms with E-state index in [0.717, 1.165) is 17.0 Å². The number of nitrogens with one attached hydrogen (secondary N) is 1. The van der Waals surface area contributed by atoms with E-state index in [-0.39, 0.29) is 12.1 Å². The zero-order valence-electron chi connectivity index (χ0n) is 11.3. The molecule has 2 aromatic heterocycles. The van der Waals surface area contributed by atoms with Gasteiger partial charge in [0.25, 0.3) is 0 Å². The number of hydrogen-bond acceptors (Lipinski definition) is 4. The first-order chi connectivity index (χ1) is 9.04. The van der Waals surface area contributed by atoms with Crippen LogP contribution >= 0.6 is 11.6 Å². The van der Waals surface area contributed by atoms with Gasteiger partial charge in [0, 0.05) is 17.9 Å². The summed E-state index contributed by atoms with van der Waals surface area (Å²) in [6.07, 6.45) is 3.41. The van der Waals surface area contributed by atoms with Crippen LogP contribution in [0, 0.1) is 6.92 Å². The van der Waals surface area contributed by atoms with E-state index in [1.165, 1.54) is 0 Å². The van der Waals surface area contributed by atoms with E-state index < -0.39 is 0 Å². The Hall–Kier alpha value is -1.43. The zero-order chi connectivity index (χ0) is 14.0. The molecule has 0 aromatic carbocycles. The molecule has 2 heterocycles. The van der Waals surface area contributed by atoms with Crippen LogP contribution in [0.1, 0.15) is 42.9 Å². The first-order valence-electron chi connectivity index (χ1n) is 6.16. The number of rotatable bonds is 4. The molecule has 0 spiro atoms. The molecule has 1 unspecified atom stereocenters. The van der Waals surface area contributed by atoms with Crippen LogP contribution in [0.4, 0.5) is 0 Å². The van der Waals surface area contributed by atoms with E-state index in [1.807, 2.05) is 23.7 Å². The van der Waals surface area contributed by atoms with Gasteiger partial charge >= 0.3 is 0 Å². The van der Waals surface area contributed by atoms with E-state index in [2.05, 4.69) is 29.4 Å². The molecule has 0 aliphatic heterocycles. The van der Waals surface area contributed by atoms with Crippen LogP contribution in [-0.2, 0) is 0 Å². The first-order valence-corrected chi connectivity index (χ1v) is 6.54. The molecule has 0 saturated heterocycles. The molecule has 2 rings (SSSR count). The highest BCUT2D eigenvalue weighted by molar-refractivity contribution is 6.31. The molecule has 2 aromatic rings. The van der Waals surface area contributed by atoms with Gasteiger partial charge in [0.05, 0.1) is 23.0 Å². The second-order valence-electron chi connectivity index (χ2n) is 4.75. The third kappa shape index (κ3) is 2.78. The molecule has 102 valence electrons. The van der Waals surface area contributed by atoms with Crippen LogP contribution in [0.3, 0.4) is 0 Å². The number of hydrazine groups is 1. The maximum atomic E-state index is 6.26. The second kappa shape index (κ2) is 5.69. The predicted molar refractivity (Wildman–Crippen MR) is 75.8 cm³/mol. The summed E-state index contributed by atoms with van der Waals surface area (Å²) in [6.45, 7) is 6.05. The van der Waals surface area contributed by atoms with E-state index in [0.29, 0.717) is 5.02 Å². The summed E-state index contributed by atoms with van der Waals surface area (Å²) in [4.78, 5) is 4.19. The molecule has 3 N–H and O–H groups in total. The minimum Gasteiger partial charge on any atom is -0.271 e. The summed E-state index contributed by atoms with van der Waals surface area (Å²) in [5.74, 6) is 5.71. The largest absolute Gasteiger partial charge is 0.271 e. The Balaban J connectivity index is 2.51. The quantitative estimate of drug-likeness (QED) is 0.666. The fraction of sp³-hybridized carbons (Fsp3) is 0.385. The Morgan fingerprint density at radius 3 is 2.74 bits per heavy atom. The summed E-state index contributed by atoms with van der Waals surface area (Å²) in [6, 6.07) is 3.91. The lowest BCUT2D eigenvalue weighted by molar-refractivity contribution is 0.476. The van der Waals surface area contributed by atoms with Gasteiger partial charge in [0.2, 0.25) is 0 Å². The highest BCUT2D eigenvalue weighted by Gasteiger charge is 2.22. The molecule has 0 aliphatic carbocycles. The highest BCUT2D eigenvalue weighted by Crippen LogP contribution is 2.29. The van der Waals surface area contributed by atoms with Gasteiger partial charge in [0.1, 0.15) is 0 Å². The summed E-state index contributed by atoms with van der Waals surface area (Å²) < 4.78 is 1.88. The summed E-state index contributed by atoms with van der Waals surface area (Å²) in [7, 11) is 0. The number of nitrogens with two attached hydrogens (primary N) is 1. The summed E-state index contributed by atoms with van der Waals surface area (Å²) >= 11 is 6.26. The minimum atomic E-state index is -0.209. The number of pyridine rings is 1. The van der Waals surface area contributed by atoms with Crippen molar-refractivity contribution in [1.29, 1.82) is 0 Å². The lowest BCUT2D eigenvalue weighted by Crippen LogP contribution is -2.31. The van der Waals surface area contributed by atoms with Crippen LogP contribution in [0.5, 0.6) is 0 Å². The van der Waals surface area contributed by atoms with E-state index in [9.17, 15) is 0 Å². The molecule has 1 atom stereocenters. The summed E-state index contributed by atoms with van der Waals surface area (Å²) in [5.41, 5.74) is 5.62. The minimum absolute atomic E-state index is 0.209. The fourth-order valence-corrected chi connectivity index (χ4v) is 2.35. The van der Waals surface area contributed by atoms with Crippen molar-refractivity contribution in [2.45, 2.75) is 32.9 Å². The second-order valence-corrected chi connectivity index (χ2v) is 5.15. The van der Waals surface area contributed by atoms with Gasteiger partial charge < -0.3 is 0 Å². The molecule has 19 heavy (non-hydrogen) atoms. The number of nitrogens with zero attached hydrogens (tertiary/aromatic N) is 3. The smallest absolute Gasteiger partial charge is 0.0894 e. The molecule has 0 bridgehead atoms. The van der Waals surface area contributed by atoms with E-state index >= 15 is 0 Å². The fourth-order valence-electron chi connectivity index (χ4n) is 2.11. The van der Waals surface area contributed by atoms with Crippen molar-refractivity contribution in [2.24, 2.45) is 5.84 Å². The standard InChI is InChI=1S/C13H18ClN5/c1-8(2)19-13(11(14)7-17-19)12(18-15)10-4-5-16-9(3)6-10/h4-8,12,18H,15H2,1-3H3. The van der Waals surface area contributed by atoms with Crippen molar-refractivity contribution >= 4 is 11.6 Å². The molecular weight excluding hydrogens is 262 g/mol. The maximum absolute atomic E-state index is 6.26. The molecule has 6 heteroatoms. The maximum Gasteiger partial charge on any atom is 0.0894 e. The summed E-state index contributed by atoms with van der Waals surface area (Å²) in [5, 5.41) is 4.91. The van der Waals surface area contributed by atoms with Gasteiger partial charge in [-0.05, 0) is 38.5 Å². The van der Waals surface area contributed by atoms with Gasteiger partial charge in [-0.25, -0.2) is 5.43 Å². The number of hydrogen-bond donors (Lipinski definition) is 2. The van der Waals surface area contributed by atoms with Crippen molar-refractivity contribution in [3.05, 3.63) is 46.5 Å². The van der Waals surface area contributed by atoms with Crippen molar-refractivity contribution in [3.8, 4) is 0 Å². The Kier molecular flexibility index (Phi) is 4.19. The Bertz CT molecular complexity index is 564. The van der Waals surface area contributed by atoms with Gasteiger partial charge in [-0.2, -0.15) is 5.10 Å². The number of halogens is 1. The SMILES string of the molecule is Cc1cc(C(NN)c2c(Cl)cnn2C(C)C)ccn1. The Morgan fingerprint density at radius 1 is 1.42 bits per heavy atom. The molecule has 0 fully saturated rings. The molecule has 5 nitrogen and oxygen atoms in total. The van der Waals surface area contributed by atoms with Gasteiger partial charge in [-0.15, -0.1) is 0 Å².